The molecule has 0 aliphatic carbocycles. The van der Waals surface area contributed by atoms with E-state index in [-0.39, 0.29) is 11.6 Å². The molecule has 0 aromatic carbocycles. The lowest BCUT2D eigenvalue weighted by atomic mass is 10.4. The van der Waals surface area contributed by atoms with Crippen molar-refractivity contribution in [1.82, 2.24) is 25.7 Å². The molecule has 2 aromatic heterocycles. The van der Waals surface area contributed by atoms with Crippen LogP contribution in [0.1, 0.15) is 19.7 Å². The van der Waals surface area contributed by atoms with Crippen molar-refractivity contribution in [3.63, 3.8) is 0 Å². The fraction of sp³-hybridized carbons (Fsp3) is 0.400. The van der Waals surface area contributed by atoms with Crippen molar-refractivity contribution in [2.24, 2.45) is 0 Å². The van der Waals surface area contributed by atoms with Crippen LogP contribution in [0.25, 0.3) is 0 Å². The van der Waals surface area contributed by atoms with Gasteiger partial charge in [-0.15, -0.1) is 5.10 Å². The molecule has 2 rings (SSSR count). The van der Waals surface area contributed by atoms with Gasteiger partial charge < -0.3 is 9.73 Å². The minimum absolute atomic E-state index is 0.232. The third kappa shape index (κ3) is 3.39. The van der Waals surface area contributed by atoms with Gasteiger partial charge in [0.15, 0.2) is 5.82 Å². The van der Waals surface area contributed by atoms with Gasteiger partial charge in [0.25, 0.3) is 5.56 Å². The molecule has 0 atom stereocenters. The molecule has 96 valence electrons. The van der Waals surface area contributed by atoms with E-state index in [0.29, 0.717) is 24.3 Å². The van der Waals surface area contributed by atoms with Crippen molar-refractivity contribution < 1.29 is 4.42 Å². The standard InChI is InChI=1S/C10H14N6O2/c1-6(2)11-5-9-15-16-10(18-9)12-7-3-4-8(17)14-13-7/h3-4,6,11H,5H2,1-2H3,(H,14,17)(H,12,13,16). The normalized spacial score (nSPS) is 10.8. The quantitative estimate of drug-likeness (QED) is 0.704. The summed E-state index contributed by atoms with van der Waals surface area (Å²) in [5.41, 5.74) is -0.270. The maximum Gasteiger partial charge on any atom is 0.321 e. The maximum atomic E-state index is 10.8. The lowest BCUT2D eigenvalue weighted by Gasteiger charge is -2.03. The summed E-state index contributed by atoms with van der Waals surface area (Å²) in [7, 11) is 0. The number of aromatic amines is 1. The van der Waals surface area contributed by atoms with E-state index in [2.05, 4.69) is 31.0 Å². The summed E-state index contributed by atoms with van der Waals surface area (Å²) in [6.07, 6.45) is 0. The van der Waals surface area contributed by atoms with E-state index in [1.54, 1.807) is 0 Å². The highest BCUT2D eigenvalue weighted by atomic mass is 16.4. The molecule has 0 aliphatic heterocycles. The lowest BCUT2D eigenvalue weighted by Crippen LogP contribution is -2.21. The molecule has 0 bridgehead atoms. The number of nitrogens with one attached hydrogen (secondary N) is 3. The monoisotopic (exact) mass is 250 g/mol. The molecule has 8 nitrogen and oxygen atoms in total. The minimum atomic E-state index is -0.270. The molecule has 0 amide bonds. The first kappa shape index (κ1) is 12.2. The van der Waals surface area contributed by atoms with Crippen LogP contribution in [0.3, 0.4) is 0 Å². The van der Waals surface area contributed by atoms with Gasteiger partial charge in [-0.05, 0) is 6.07 Å². The third-order valence-corrected chi connectivity index (χ3v) is 2.04. The second-order valence-corrected chi connectivity index (χ2v) is 3.97. The molecule has 0 fully saturated rings. The Bertz CT molecular complexity index is 541. The number of nitrogens with zero attached hydrogens (tertiary/aromatic N) is 3. The van der Waals surface area contributed by atoms with Crippen molar-refractivity contribution in [2.45, 2.75) is 26.4 Å². The number of aromatic nitrogens is 4. The van der Waals surface area contributed by atoms with Crippen LogP contribution in [0.15, 0.2) is 21.3 Å². The molecule has 0 unspecified atom stereocenters. The van der Waals surface area contributed by atoms with Gasteiger partial charge in [0.1, 0.15) is 0 Å². The van der Waals surface area contributed by atoms with Crippen LogP contribution < -0.4 is 16.2 Å². The van der Waals surface area contributed by atoms with Gasteiger partial charge in [-0.25, -0.2) is 5.10 Å². The van der Waals surface area contributed by atoms with E-state index < -0.39 is 0 Å². The van der Waals surface area contributed by atoms with Gasteiger partial charge in [0.05, 0.1) is 6.54 Å². The first-order chi connectivity index (χ1) is 8.63. The van der Waals surface area contributed by atoms with Gasteiger partial charge >= 0.3 is 6.01 Å². The van der Waals surface area contributed by atoms with E-state index in [0.717, 1.165) is 0 Å². The summed E-state index contributed by atoms with van der Waals surface area (Å²) >= 11 is 0. The Labute approximate surface area is 103 Å². The molecule has 18 heavy (non-hydrogen) atoms. The second kappa shape index (κ2) is 5.41. The first-order valence-corrected chi connectivity index (χ1v) is 5.52. The fourth-order valence-corrected chi connectivity index (χ4v) is 1.19. The zero-order valence-electron chi connectivity index (χ0n) is 10.1. The van der Waals surface area contributed by atoms with E-state index in [9.17, 15) is 4.79 Å². The Morgan fingerprint density at radius 1 is 1.39 bits per heavy atom. The number of H-pyrrole nitrogens is 1. The summed E-state index contributed by atoms with van der Waals surface area (Å²) < 4.78 is 5.34. The number of hydrogen-bond donors (Lipinski definition) is 3. The SMILES string of the molecule is CC(C)NCc1nnc(Nc2ccc(=O)[nH]n2)o1. The Hall–Kier alpha value is -2.22. The smallest absolute Gasteiger partial charge is 0.321 e. The molecular weight excluding hydrogens is 236 g/mol. The molecule has 3 N–H and O–H groups in total. The zero-order valence-corrected chi connectivity index (χ0v) is 10.1. The van der Waals surface area contributed by atoms with E-state index in [4.69, 9.17) is 4.42 Å². The molecule has 2 heterocycles. The predicted octanol–water partition coefficient (Wildman–Crippen LogP) is 0.394. The summed E-state index contributed by atoms with van der Waals surface area (Å²) in [5.74, 6) is 0.914. The molecule has 0 radical (unpaired) electrons. The van der Waals surface area contributed by atoms with Crippen LogP contribution in [-0.2, 0) is 6.54 Å². The average Bonchev–Trinajstić information content (AvgIpc) is 2.77. The Kier molecular flexibility index (Phi) is 3.68. The van der Waals surface area contributed by atoms with Crippen LogP contribution in [0.4, 0.5) is 11.8 Å². The highest BCUT2D eigenvalue weighted by Crippen LogP contribution is 2.10. The van der Waals surface area contributed by atoms with Gasteiger partial charge in [0.2, 0.25) is 5.89 Å². The first-order valence-electron chi connectivity index (χ1n) is 5.52. The van der Waals surface area contributed by atoms with Gasteiger partial charge in [-0.1, -0.05) is 18.9 Å². The molecular formula is C10H14N6O2. The highest BCUT2D eigenvalue weighted by molar-refractivity contribution is 5.43. The number of anilines is 2. The van der Waals surface area contributed by atoms with Crippen molar-refractivity contribution in [2.75, 3.05) is 5.32 Å². The van der Waals surface area contributed by atoms with Crippen molar-refractivity contribution in [3.05, 3.63) is 28.4 Å². The van der Waals surface area contributed by atoms with Crippen LogP contribution in [0.2, 0.25) is 0 Å². The summed E-state index contributed by atoms with van der Waals surface area (Å²) in [6.45, 7) is 4.56. The number of rotatable bonds is 5. The van der Waals surface area contributed by atoms with Crippen LogP contribution in [0.5, 0.6) is 0 Å². The van der Waals surface area contributed by atoms with Crippen molar-refractivity contribution >= 4 is 11.8 Å². The maximum absolute atomic E-state index is 10.8. The summed E-state index contributed by atoms with van der Waals surface area (Å²) in [5, 5.41) is 19.7. The predicted molar refractivity (Wildman–Crippen MR) is 64.4 cm³/mol. The van der Waals surface area contributed by atoms with Crippen LogP contribution in [0, 0.1) is 0 Å². The largest absolute Gasteiger partial charge is 0.406 e. The minimum Gasteiger partial charge on any atom is -0.406 e. The molecule has 0 aliphatic rings. The highest BCUT2D eigenvalue weighted by Gasteiger charge is 2.07. The topological polar surface area (TPSA) is 109 Å². The van der Waals surface area contributed by atoms with Crippen LogP contribution in [-0.4, -0.2) is 26.4 Å². The van der Waals surface area contributed by atoms with Crippen molar-refractivity contribution in [1.29, 1.82) is 0 Å². The van der Waals surface area contributed by atoms with E-state index >= 15 is 0 Å². The fourth-order valence-electron chi connectivity index (χ4n) is 1.19. The van der Waals surface area contributed by atoms with E-state index in [1.807, 2.05) is 13.8 Å². The zero-order chi connectivity index (χ0) is 13.0. The van der Waals surface area contributed by atoms with Crippen LogP contribution >= 0.6 is 0 Å². The third-order valence-electron chi connectivity index (χ3n) is 2.04. The summed E-state index contributed by atoms with van der Waals surface area (Å²) in [6, 6.07) is 3.45. The number of hydrogen-bond acceptors (Lipinski definition) is 7. The molecule has 2 aromatic rings. The average molecular weight is 250 g/mol. The van der Waals surface area contributed by atoms with Gasteiger partial charge in [-0.3, -0.25) is 10.1 Å². The second-order valence-electron chi connectivity index (χ2n) is 3.97. The summed E-state index contributed by atoms with van der Waals surface area (Å²) in [4.78, 5) is 10.8. The molecule has 0 saturated heterocycles. The Balaban J connectivity index is 1.98. The van der Waals surface area contributed by atoms with Gasteiger partial charge in [-0.2, -0.15) is 5.10 Å². The lowest BCUT2D eigenvalue weighted by molar-refractivity contribution is 0.460. The van der Waals surface area contributed by atoms with Gasteiger partial charge in [0, 0.05) is 12.1 Å². The Morgan fingerprint density at radius 2 is 2.22 bits per heavy atom. The molecule has 0 spiro atoms. The Morgan fingerprint density at radius 3 is 2.89 bits per heavy atom. The molecule has 0 saturated carbocycles. The van der Waals surface area contributed by atoms with E-state index in [1.165, 1.54) is 12.1 Å². The molecule has 8 heteroatoms. The van der Waals surface area contributed by atoms with Crippen molar-refractivity contribution in [3.8, 4) is 0 Å².